The first-order chi connectivity index (χ1) is 8.88. The third-order valence-corrected chi connectivity index (χ3v) is 3.58. The van der Waals surface area contributed by atoms with Crippen LogP contribution in [0.15, 0.2) is 0 Å². The second-order valence-corrected chi connectivity index (χ2v) is 5.30. The van der Waals surface area contributed by atoms with Gasteiger partial charge in [0.15, 0.2) is 0 Å². The van der Waals surface area contributed by atoms with Crippen molar-refractivity contribution in [2.24, 2.45) is 5.92 Å². The van der Waals surface area contributed by atoms with Crippen LogP contribution in [0.2, 0.25) is 0 Å². The van der Waals surface area contributed by atoms with Crippen molar-refractivity contribution in [2.75, 3.05) is 13.1 Å². The largest absolute Gasteiger partial charge is 0.405 e. The average molecular weight is 280 g/mol. The summed E-state index contributed by atoms with van der Waals surface area (Å²) in [4.78, 5) is 11.4. The highest BCUT2D eigenvalue weighted by Crippen LogP contribution is 2.25. The molecule has 0 saturated heterocycles. The summed E-state index contributed by atoms with van der Waals surface area (Å²) in [5.41, 5.74) is 0. The van der Waals surface area contributed by atoms with E-state index >= 15 is 0 Å². The lowest BCUT2D eigenvalue weighted by Gasteiger charge is -2.22. The molecule has 1 rings (SSSR count). The van der Waals surface area contributed by atoms with Gasteiger partial charge < -0.3 is 10.6 Å². The maximum Gasteiger partial charge on any atom is 0.405 e. The third-order valence-electron chi connectivity index (χ3n) is 3.58. The molecular weight excluding hydrogens is 257 g/mol. The van der Waals surface area contributed by atoms with Crippen LogP contribution in [0, 0.1) is 5.92 Å². The molecule has 3 nitrogen and oxygen atoms in total. The fraction of sp³-hybridized carbons (Fsp3) is 0.923. The van der Waals surface area contributed by atoms with E-state index in [-0.39, 0.29) is 0 Å². The molecule has 2 N–H and O–H groups in total. The zero-order valence-corrected chi connectivity index (χ0v) is 11.4. The van der Waals surface area contributed by atoms with E-state index < -0.39 is 24.7 Å². The average Bonchev–Trinajstić information content (AvgIpc) is 2.36. The van der Waals surface area contributed by atoms with Gasteiger partial charge >= 0.3 is 6.18 Å². The number of carbonyl (C=O) groups excluding carboxylic acids is 1. The Morgan fingerprint density at radius 1 is 1.26 bits per heavy atom. The fourth-order valence-electron chi connectivity index (χ4n) is 2.41. The van der Waals surface area contributed by atoms with Gasteiger partial charge in [0.1, 0.15) is 6.54 Å². The van der Waals surface area contributed by atoms with Gasteiger partial charge in [0, 0.05) is 0 Å². The molecule has 0 aromatic heterocycles. The maximum absolute atomic E-state index is 11.9. The molecule has 0 heterocycles. The molecule has 1 atom stereocenters. The van der Waals surface area contributed by atoms with Gasteiger partial charge in [0.2, 0.25) is 5.91 Å². The quantitative estimate of drug-likeness (QED) is 0.785. The zero-order chi connectivity index (χ0) is 14.3. The van der Waals surface area contributed by atoms with Crippen molar-refractivity contribution in [2.45, 2.75) is 57.7 Å². The normalized spacial score (nSPS) is 19.2. The van der Waals surface area contributed by atoms with E-state index in [9.17, 15) is 18.0 Å². The summed E-state index contributed by atoms with van der Waals surface area (Å²) >= 11 is 0. The van der Waals surface area contributed by atoms with Gasteiger partial charge in [-0.2, -0.15) is 13.2 Å². The van der Waals surface area contributed by atoms with Crippen LogP contribution in [0.3, 0.4) is 0 Å². The number of halogens is 3. The highest BCUT2D eigenvalue weighted by Gasteiger charge is 2.28. The highest BCUT2D eigenvalue weighted by atomic mass is 19.4. The molecule has 1 unspecified atom stereocenters. The molecule has 6 heteroatoms. The first-order valence-corrected chi connectivity index (χ1v) is 6.96. The van der Waals surface area contributed by atoms with Crippen LogP contribution in [0.25, 0.3) is 0 Å². The molecule has 0 spiro atoms. The van der Waals surface area contributed by atoms with Gasteiger partial charge in [0.05, 0.1) is 6.04 Å². The number of hydrogen-bond acceptors (Lipinski definition) is 2. The molecule has 19 heavy (non-hydrogen) atoms. The van der Waals surface area contributed by atoms with E-state index in [0.717, 1.165) is 6.42 Å². The molecule has 1 fully saturated rings. The van der Waals surface area contributed by atoms with Crippen LogP contribution in [0.1, 0.15) is 45.4 Å². The minimum Gasteiger partial charge on any atom is -0.346 e. The number of alkyl halides is 3. The molecule has 0 aromatic carbocycles. The van der Waals surface area contributed by atoms with Crippen molar-refractivity contribution in [3.63, 3.8) is 0 Å². The smallest absolute Gasteiger partial charge is 0.346 e. The first kappa shape index (κ1) is 16.3. The second kappa shape index (κ2) is 7.72. The number of carbonyl (C=O) groups is 1. The van der Waals surface area contributed by atoms with Crippen molar-refractivity contribution in [1.82, 2.24) is 10.6 Å². The molecule has 1 amide bonds. The Balaban J connectivity index is 2.12. The lowest BCUT2D eigenvalue weighted by atomic mass is 9.87. The van der Waals surface area contributed by atoms with Gasteiger partial charge in [0.25, 0.3) is 0 Å². The monoisotopic (exact) mass is 280 g/mol. The van der Waals surface area contributed by atoms with Crippen LogP contribution in [-0.2, 0) is 4.79 Å². The van der Waals surface area contributed by atoms with Crippen LogP contribution >= 0.6 is 0 Å². The van der Waals surface area contributed by atoms with Gasteiger partial charge in [-0.3, -0.25) is 4.79 Å². The molecular formula is C13H23F3N2O. The van der Waals surface area contributed by atoms with Crippen LogP contribution in [0.5, 0.6) is 0 Å². The van der Waals surface area contributed by atoms with Gasteiger partial charge in [-0.25, -0.2) is 0 Å². The van der Waals surface area contributed by atoms with Crippen molar-refractivity contribution in [1.29, 1.82) is 0 Å². The predicted molar refractivity (Wildman–Crippen MR) is 67.7 cm³/mol. The minimum absolute atomic E-state index is 0.578. The highest BCUT2D eigenvalue weighted by molar-refractivity contribution is 5.81. The lowest BCUT2D eigenvalue weighted by Crippen LogP contribution is -2.45. The molecule has 1 aliphatic rings. The molecule has 0 radical (unpaired) electrons. The molecule has 0 bridgehead atoms. The number of hydrogen-bond donors (Lipinski definition) is 2. The Labute approximate surface area is 112 Å². The second-order valence-electron chi connectivity index (χ2n) is 5.30. The molecule has 1 aliphatic carbocycles. The minimum atomic E-state index is -4.35. The molecule has 112 valence electrons. The van der Waals surface area contributed by atoms with Crippen molar-refractivity contribution in [3.05, 3.63) is 0 Å². The summed E-state index contributed by atoms with van der Waals surface area (Å²) < 4.78 is 35.8. The standard InChI is InChI=1S/C13H23F3N2O/c1-10(12(19)18-9-13(14,15)16)17-8-7-11-5-3-2-4-6-11/h10-11,17H,2-9H2,1H3,(H,18,19). The Bertz CT molecular complexity index is 276. The van der Waals surface area contributed by atoms with E-state index in [1.807, 2.05) is 5.32 Å². The van der Waals surface area contributed by atoms with E-state index in [2.05, 4.69) is 5.32 Å². The van der Waals surface area contributed by atoms with E-state index in [1.54, 1.807) is 6.92 Å². The molecule has 0 aromatic rings. The van der Waals surface area contributed by atoms with Crippen molar-refractivity contribution < 1.29 is 18.0 Å². The molecule has 1 saturated carbocycles. The third kappa shape index (κ3) is 7.40. The van der Waals surface area contributed by atoms with Gasteiger partial charge in [-0.05, 0) is 25.8 Å². The van der Waals surface area contributed by atoms with Crippen LogP contribution in [0.4, 0.5) is 13.2 Å². The van der Waals surface area contributed by atoms with Gasteiger partial charge in [-0.15, -0.1) is 0 Å². The summed E-state index contributed by atoms with van der Waals surface area (Å²) in [5.74, 6) is 0.104. The topological polar surface area (TPSA) is 41.1 Å². The summed E-state index contributed by atoms with van der Waals surface area (Å²) in [5, 5.41) is 4.87. The summed E-state index contributed by atoms with van der Waals surface area (Å²) in [6.45, 7) is 1.01. The Hall–Kier alpha value is -0.780. The maximum atomic E-state index is 11.9. The predicted octanol–water partition coefficient (Wildman–Crippen LogP) is 2.61. The SMILES string of the molecule is CC(NCCC1CCCCC1)C(=O)NCC(F)(F)F. The van der Waals surface area contributed by atoms with Gasteiger partial charge in [-0.1, -0.05) is 32.1 Å². The molecule has 0 aliphatic heterocycles. The Morgan fingerprint density at radius 3 is 2.47 bits per heavy atom. The van der Waals surface area contributed by atoms with E-state index in [1.165, 1.54) is 32.1 Å². The number of nitrogens with one attached hydrogen (secondary N) is 2. The Morgan fingerprint density at radius 2 is 1.89 bits per heavy atom. The van der Waals surface area contributed by atoms with Crippen molar-refractivity contribution >= 4 is 5.91 Å². The number of rotatable bonds is 6. The van der Waals surface area contributed by atoms with E-state index in [0.29, 0.717) is 12.5 Å². The Kier molecular flexibility index (Phi) is 6.62. The summed E-state index contributed by atoms with van der Waals surface area (Å²) in [6.07, 6.45) is 2.96. The summed E-state index contributed by atoms with van der Waals surface area (Å²) in [6, 6.07) is -0.578. The van der Waals surface area contributed by atoms with Crippen LogP contribution < -0.4 is 10.6 Å². The summed E-state index contributed by atoms with van der Waals surface area (Å²) in [7, 11) is 0. The van der Waals surface area contributed by atoms with Crippen LogP contribution in [-0.4, -0.2) is 31.2 Å². The van der Waals surface area contributed by atoms with Crippen molar-refractivity contribution in [3.8, 4) is 0 Å². The zero-order valence-electron chi connectivity index (χ0n) is 11.4. The number of amides is 1. The first-order valence-electron chi connectivity index (χ1n) is 6.96. The lowest BCUT2D eigenvalue weighted by molar-refractivity contribution is -0.139. The fourth-order valence-corrected chi connectivity index (χ4v) is 2.41. The van der Waals surface area contributed by atoms with E-state index in [4.69, 9.17) is 0 Å².